The van der Waals surface area contributed by atoms with Crippen molar-refractivity contribution >= 4 is 28.1 Å². The second-order valence-corrected chi connectivity index (χ2v) is 5.60. The van der Waals surface area contributed by atoms with E-state index in [1.54, 1.807) is 12.1 Å². The van der Waals surface area contributed by atoms with Crippen LogP contribution in [-0.2, 0) is 0 Å². The quantitative estimate of drug-likeness (QED) is 0.590. The highest BCUT2D eigenvalue weighted by Gasteiger charge is 2.13. The van der Waals surface area contributed by atoms with E-state index >= 15 is 0 Å². The molecule has 0 atom stereocenters. The van der Waals surface area contributed by atoms with Gasteiger partial charge < -0.3 is 5.32 Å². The van der Waals surface area contributed by atoms with E-state index in [1.807, 2.05) is 41.8 Å². The molecular weight excluding hydrogens is 303 g/mol. The fourth-order valence-electron chi connectivity index (χ4n) is 2.85. The minimum absolute atomic E-state index is 0.301. The molecule has 24 heavy (non-hydrogen) atoms. The lowest BCUT2D eigenvalue weighted by molar-refractivity contribution is 0.628. The van der Waals surface area contributed by atoms with Gasteiger partial charge in [0.25, 0.3) is 0 Å². The minimum Gasteiger partial charge on any atom is -0.354 e. The fraction of sp³-hybridized carbons (Fsp3) is 0.0526. The number of fused-ring (bicyclic) bond motifs is 3. The van der Waals surface area contributed by atoms with Gasteiger partial charge in [-0.05, 0) is 48.9 Å². The second-order valence-electron chi connectivity index (χ2n) is 5.60. The number of aryl methyl sites for hydroxylation is 1. The lowest BCUT2D eigenvalue weighted by Gasteiger charge is -2.07. The maximum Gasteiger partial charge on any atom is 0.156 e. The molecule has 4 nitrogen and oxygen atoms in total. The molecule has 116 valence electrons. The number of anilines is 2. The molecule has 2 aromatic heterocycles. The number of pyridine rings is 1. The first-order chi connectivity index (χ1) is 11.7. The zero-order chi connectivity index (χ0) is 16.7. The highest BCUT2D eigenvalue weighted by atomic mass is 19.1. The first-order valence-corrected chi connectivity index (χ1v) is 7.50. The number of imidazole rings is 1. The molecule has 2 aromatic carbocycles. The van der Waals surface area contributed by atoms with Crippen molar-refractivity contribution in [1.82, 2.24) is 9.38 Å². The molecule has 0 bridgehead atoms. The standard InChI is InChI=1S/C19H13FN4/c1-12-8-9-24-17-7-3-6-16(18(17)23-19(24)15(12)11-21)22-14-5-2-4-13(20)10-14/h2-10,22H,1H3. The van der Waals surface area contributed by atoms with Crippen LogP contribution < -0.4 is 5.32 Å². The molecule has 5 heteroatoms. The Labute approximate surface area is 137 Å². The largest absolute Gasteiger partial charge is 0.354 e. The van der Waals surface area contributed by atoms with Crippen LogP contribution in [0.25, 0.3) is 16.7 Å². The zero-order valence-corrected chi connectivity index (χ0v) is 12.9. The Hall–Kier alpha value is -3.39. The number of hydrogen-bond donors (Lipinski definition) is 1. The zero-order valence-electron chi connectivity index (χ0n) is 12.9. The van der Waals surface area contributed by atoms with Crippen molar-refractivity contribution < 1.29 is 4.39 Å². The number of nitrogens with one attached hydrogen (secondary N) is 1. The van der Waals surface area contributed by atoms with E-state index < -0.39 is 0 Å². The van der Waals surface area contributed by atoms with Gasteiger partial charge in [0.1, 0.15) is 17.4 Å². The van der Waals surface area contributed by atoms with Crippen molar-refractivity contribution in [2.24, 2.45) is 0 Å². The van der Waals surface area contributed by atoms with E-state index in [2.05, 4.69) is 16.4 Å². The van der Waals surface area contributed by atoms with Crippen LogP contribution in [0.1, 0.15) is 11.1 Å². The van der Waals surface area contributed by atoms with Gasteiger partial charge in [-0.1, -0.05) is 12.1 Å². The Balaban J connectivity index is 1.95. The molecule has 0 radical (unpaired) electrons. The Morgan fingerprint density at radius 3 is 2.79 bits per heavy atom. The summed E-state index contributed by atoms with van der Waals surface area (Å²) in [5.74, 6) is -0.301. The van der Waals surface area contributed by atoms with Gasteiger partial charge in [0.15, 0.2) is 5.65 Å². The third-order valence-corrected chi connectivity index (χ3v) is 4.03. The van der Waals surface area contributed by atoms with Gasteiger partial charge in [-0.2, -0.15) is 5.26 Å². The predicted molar refractivity (Wildman–Crippen MR) is 91.8 cm³/mol. The van der Waals surface area contributed by atoms with E-state index in [1.165, 1.54) is 12.1 Å². The Kier molecular flexibility index (Phi) is 3.17. The number of halogens is 1. The van der Waals surface area contributed by atoms with E-state index in [9.17, 15) is 9.65 Å². The van der Waals surface area contributed by atoms with E-state index in [-0.39, 0.29) is 5.82 Å². The Morgan fingerprint density at radius 2 is 2.00 bits per heavy atom. The molecule has 0 aliphatic heterocycles. The van der Waals surface area contributed by atoms with Gasteiger partial charge in [0.05, 0.1) is 16.8 Å². The molecule has 0 saturated heterocycles. The average Bonchev–Trinajstić information content (AvgIpc) is 2.94. The number of nitriles is 1. The number of benzene rings is 2. The number of nitrogens with zero attached hydrogens (tertiary/aromatic N) is 3. The van der Waals surface area contributed by atoms with Crippen molar-refractivity contribution in [3.8, 4) is 6.07 Å². The third-order valence-electron chi connectivity index (χ3n) is 4.03. The molecule has 0 fully saturated rings. The average molecular weight is 316 g/mol. The van der Waals surface area contributed by atoms with Crippen LogP contribution >= 0.6 is 0 Å². The first kappa shape index (κ1) is 14.2. The summed E-state index contributed by atoms with van der Waals surface area (Å²) in [5.41, 5.74) is 5.12. The number of para-hydroxylation sites is 1. The van der Waals surface area contributed by atoms with Gasteiger partial charge in [-0.15, -0.1) is 0 Å². The van der Waals surface area contributed by atoms with Crippen LogP contribution in [0.3, 0.4) is 0 Å². The molecule has 2 heterocycles. The van der Waals surface area contributed by atoms with Gasteiger partial charge in [-0.3, -0.25) is 4.40 Å². The lowest BCUT2D eigenvalue weighted by Crippen LogP contribution is -1.92. The summed E-state index contributed by atoms with van der Waals surface area (Å²) >= 11 is 0. The molecule has 0 saturated carbocycles. The molecule has 0 spiro atoms. The maximum atomic E-state index is 13.4. The summed E-state index contributed by atoms with van der Waals surface area (Å²) in [6.07, 6.45) is 1.91. The maximum absolute atomic E-state index is 13.4. The topological polar surface area (TPSA) is 53.1 Å². The summed E-state index contributed by atoms with van der Waals surface area (Å²) in [7, 11) is 0. The fourth-order valence-corrected chi connectivity index (χ4v) is 2.85. The van der Waals surface area contributed by atoms with Gasteiger partial charge in [0.2, 0.25) is 0 Å². The molecule has 4 rings (SSSR count). The van der Waals surface area contributed by atoms with Crippen molar-refractivity contribution in [3.63, 3.8) is 0 Å². The van der Waals surface area contributed by atoms with Crippen LogP contribution in [0.2, 0.25) is 0 Å². The van der Waals surface area contributed by atoms with Gasteiger partial charge in [-0.25, -0.2) is 9.37 Å². The normalized spacial score (nSPS) is 10.9. The first-order valence-electron chi connectivity index (χ1n) is 7.50. The predicted octanol–water partition coefficient (Wildman–Crippen LogP) is 4.55. The van der Waals surface area contributed by atoms with Crippen molar-refractivity contribution in [2.75, 3.05) is 5.32 Å². The summed E-state index contributed by atoms with van der Waals surface area (Å²) in [4.78, 5) is 4.65. The van der Waals surface area contributed by atoms with Gasteiger partial charge >= 0.3 is 0 Å². The molecule has 0 aliphatic carbocycles. The van der Waals surface area contributed by atoms with Gasteiger partial charge in [0, 0.05) is 11.9 Å². The second kappa shape index (κ2) is 5.36. The van der Waals surface area contributed by atoms with E-state index in [0.29, 0.717) is 16.9 Å². The monoisotopic (exact) mass is 316 g/mol. The summed E-state index contributed by atoms with van der Waals surface area (Å²) < 4.78 is 15.3. The van der Waals surface area contributed by atoms with Crippen LogP contribution in [0.4, 0.5) is 15.8 Å². The van der Waals surface area contributed by atoms with E-state index in [4.69, 9.17) is 0 Å². The van der Waals surface area contributed by atoms with Crippen LogP contribution in [0, 0.1) is 24.1 Å². The van der Waals surface area contributed by atoms with E-state index in [0.717, 1.165) is 22.3 Å². The highest BCUT2D eigenvalue weighted by molar-refractivity contribution is 5.94. The molecule has 4 aromatic rings. The molecule has 0 aliphatic rings. The number of hydrogen-bond acceptors (Lipinski definition) is 3. The van der Waals surface area contributed by atoms with Crippen molar-refractivity contribution in [1.29, 1.82) is 5.26 Å². The molecule has 1 N–H and O–H groups in total. The van der Waals surface area contributed by atoms with Crippen LogP contribution in [-0.4, -0.2) is 9.38 Å². The number of rotatable bonds is 2. The molecular formula is C19H13FN4. The third kappa shape index (κ3) is 2.17. The summed E-state index contributed by atoms with van der Waals surface area (Å²) in [5, 5.41) is 12.6. The molecule has 0 amide bonds. The summed E-state index contributed by atoms with van der Waals surface area (Å²) in [6, 6.07) is 16.1. The highest BCUT2D eigenvalue weighted by Crippen LogP contribution is 2.28. The Morgan fingerprint density at radius 1 is 1.17 bits per heavy atom. The smallest absolute Gasteiger partial charge is 0.156 e. The number of aromatic nitrogens is 2. The van der Waals surface area contributed by atoms with Crippen molar-refractivity contribution in [3.05, 3.63) is 71.7 Å². The van der Waals surface area contributed by atoms with Crippen LogP contribution in [0.15, 0.2) is 54.7 Å². The lowest BCUT2D eigenvalue weighted by atomic mass is 10.2. The minimum atomic E-state index is -0.301. The summed E-state index contributed by atoms with van der Waals surface area (Å²) in [6.45, 7) is 1.89. The SMILES string of the molecule is Cc1ccn2c(nc3c(Nc4cccc(F)c4)cccc32)c1C#N. The van der Waals surface area contributed by atoms with Crippen molar-refractivity contribution in [2.45, 2.75) is 6.92 Å². The molecule has 0 unspecified atom stereocenters. The Bertz CT molecular complexity index is 1120. The van der Waals surface area contributed by atoms with Crippen LogP contribution in [0.5, 0.6) is 0 Å².